The number of carbonyl (C=O) groups is 3. The fraction of sp³-hybridized carbons (Fsp3) is 0.400. The number of nitrogens with one attached hydrogen (secondary N) is 4. The van der Waals surface area contributed by atoms with Crippen LogP contribution in [0.2, 0.25) is 0 Å². The Hall–Kier alpha value is -3.35. The lowest BCUT2D eigenvalue weighted by atomic mass is 10.2. The number of hydrogen-bond acceptors (Lipinski definition) is 7. The van der Waals surface area contributed by atoms with Gasteiger partial charge in [0, 0.05) is 24.5 Å². The van der Waals surface area contributed by atoms with E-state index in [2.05, 4.69) is 20.9 Å². The largest absolute Gasteiger partial charge is 0.348 e. The summed E-state index contributed by atoms with van der Waals surface area (Å²) in [6.07, 6.45) is 2.41. The van der Waals surface area contributed by atoms with Crippen molar-refractivity contribution < 1.29 is 22.8 Å². The first-order chi connectivity index (χ1) is 18.1. The molecular formula is C25H35ClN6O5S. The maximum absolute atomic E-state index is 12.8. The molecular weight excluding hydrogens is 532 g/mol. The van der Waals surface area contributed by atoms with Crippen molar-refractivity contribution in [3.8, 4) is 0 Å². The predicted octanol–water partition coefficient (Wildman–Crippen LogP) is 2.37. The lowest BCUT2D eigenvalue weighted by Gasteiger charge is -2.22. The molecule has 0 aliphatic rings. The van der Waals surface area contributed by atoms with Crippen molar-refractivity contribution >= 4 is 56.4 Å². The number of hydrazine groups is 1. The van der Waals surface area contributed by atoms with Gasteiger partial charge in [-0.25, -0.2) is 8.42 Å². The quantitative estimate of drug-likeness (QED) is 0.119. The minimum absolute atomic E-state index is 0.0288. The number of benzene rings is 2. The molecule has 2 aromatic rings. The second-order valence-electron chi connectivity index (χ2n) is 8.70. The summed E-state index contributed by atoms with van der Waals surface area (Å²) < 4.78 is 28.2. The minimum Gasteiger partial charge on any atom is -0.348 e. The zero-order chi connectivity index (χ0) is 28.1. The standard InChI is InChI=1S/C25H35ClN6O5S/c1-4-5-17-32(23(33)18-26)21-11-13-22(14-12-21)38(36,37)30-20-9-7-19(8-10-20)28-29-25(35)24(34)27-15-6-16-31(2)3/h7-14,28,30H,4-6,15-18H2,1-3H3,(H,27,34)(H,29,35). The summed E-state index contributed by atoms with van der Waals surface area (Å²) in [7, 11) is -0.0523. The normalized spacial score (nSPS) is 11.1. The van der Waals surface area contributed by atoms with Crippen LogP contribution in [0.15, 0.2) is 53.4 Å². The third-order valence-electron chi connectivity index (χ3n) is 5.34. The van der Waals surface area contributed by atoms with Gasteiger partial charge >= 0.3 is 11.8 Å². The topological polar surface area (TPSA) is 140 Å². The van der Waals surface area contributed by atoms with E-state index in [1.165, 1.54) is 24.3 Å². The number of carbonyl (C=O) groups excluding carboxylic acids is 3. The number of alkyl halides is 1. The van der Waals surface area contributed by atoms with Crippen LogP contribution < -0.4 is 25.8 Å². The van der Waals surface area contributed by atoms with Crippen molar-refractivity contribution in [2.45, 2.75) is 31.1 Å². The maximum Gasteiger partial charge on any atom is 0.327 e. The molecule has 0 atom stereocenters. The third kappa shape index (κ3) is 9.84. The molecule has 3 amide bonds. The van der Waals surface area contributed by atoms with E-state index in [9.17, 15) is 22.8 Å². The number of nitrogens with zero attached hydrogens (tertiary/aromatic N) is 2. The molecule has 38 heavy (non-hydrogen) atoms. The highest BCUT2D eigenvalue weighted by atomic mass is 35.5. The fourth-order valence-electron chi connectivity index (χ4n) is 3.29. The number of unbranched alkanes of at least 4 members (excludes halogenated alkanes) is 1. The van der Waals surface area contributed by atoms with Crippen molar-refractivity contribution in [1.29, 1.82) is 0 Å². The van der Waals surface area contributed by atoms with E-state index < -0.39 is 21.8 Å². The summed E-state index contributed by atoms with van der Waals surface area (Å²) in [5.74, 6) is -2.01. The minimum atomic E-state index is -3.89. The van der Waals surface area contributed by atoms with Gasteiger partial charge < -0.3 is 15.1 Å². The van der Waals surface area contributed by atoms with E-state index in [1.54, 1.807) is 29.2 Å². The van der Waals surface area contributed by atoms with Gasteiger partial charge in [0.1, 0.15) is 5.88 Å². The van der Waals surface area contributed by atoms with Crippen molar-refractivity contribution in [2.24, 2.45) is 0 Å². The number of halogens is 1. The highest BCUT2D eigenvalue weighted by Crippen LogP contribution is 2.22. The van der Waals surface area contributed by atoms with Crippen LogP contribution in [-0.2, 0) is 24.4 Å². The lowest BCUT2D eigenvalue weighted by Crippen LogP contribution is -2.43. The Labute approximate surface area is 228 Å². The Bertz CT molecular complexity index is 1170. The average molecular weight is 567 g/mol. The van der Waals surface area contributed by atoms with Crippen molar-refractivity contribution in [3.05, 3.63) is 48.5 Å². The van der Waals surface area contributed by atoms with E-state index in [-0.39, 0.29) is 16.7 Å². The van der Waals surface area contributed by atoms with Gasteiger partial charge in [-0.1, -0.05) is 13.3 Å². The van der Waals surface area contributed by atoms with Gasteiger partial charge in [-0.15, -0.1) is 11.6 Å². The van der Waals surface area contributed by atoms with Crippen LogP contribution in [0, 0.1) is 0 Å². The van der Waals surface area contributed by atoms with Crippen LogP contribution in [0.25, 0.3) is 0 Å². The molecule has 0 fully saturated rings. The van der Waals surface area contributed by atoms with Gasteiger partial charge in [-0.3, -0.25) is 30.0 Å². The van der Waals surface area contributed by atoms with Gasteiger partial charge in [0.25, 0.3) is 10.0 Å². The summed E-state index contributed by atoms with van der Waals surface area (Å²) in [5, 5.41) is 2.53. The number of sulfonamides is 1. The molecule has 0 heterocycles. The second kappa shape index (κ2) is 15.2. The number of amides is 3. The molecule has 13 heteroatoms. The average Bonchev–Trinajstić information content (AvgIpc) is 2.90. The first-order valence-electron chi connectivity index (χ1n) is 12.2. The van der Waals surface area contributed by atoms with Crippen molar-refractivity contribution in [2.75, 3.05) is 54.7 Å². The molecule has 0 saturated heterocycles. The highest BCUT2D eigenvalue weighted by molar-refractivity contribution is 7.92. The molecule has 0 aliphatic carbocycles. The zero-order valence-corrected chi connectivity index (χ0v) is 23.4. The molecule has 0 unspecified atom stereocenters. The van der Waals surface area contributed by atoms with Crippen LogP contribution in [0.1, 0.15) is 26.2 Å². The molecule has 4 N–H and O–H groups in total. The molecule has 0 aliphatic heterocycles. The van der Waals surface area contributed by atoms with Crippen LogP contribution >= 0.6 is 11.6 Å². The van der Waals surface area contributed by atoms with E-state index in [4.69, 9.17) is 11.6 Å². The summed E-state index contributed by atoms with van der Waals surface area (Å²) in [6.45, 7) is 3.67. The molecule has 0 radical (unpaired) electrons. The molecule has 2 rings (SSSR count). The first kappa shape index (κ1) is 30.9. The monoisotopic (exact) mass is 566 g/mol. The number of hydrogen-bond donors (Lipinski definition) is 4. The molecule has 11 nitrogen and oxygen atoms in total. The van der Waals surface area contributed by atoms with Crippen LogP contribution in [0.5, 0.6) is 0 Å². The summed E-state index contributed by atoms with van der Waals surface area (Å²) in [6, 6.07) is 12.1. The van der Waals surface area contributed by atoms with Crippen molar-refractivity contribution in [1.82, 2.24) is 15.6 Å². The predicted molar refractivity (Wildman–Crippen MR) is 150 cm³/mol. The summed E-state index contributed by atoms with van der Waals surface area (Å²) >= 11 is 5.72. The van der Waals surface area contributed by atoms with Crippen molar-refractivity contribution in [3.63, 3.8) is 0 Å². The smallest absolute Gasteiger partial charge is 0.327 e. The summed E-state index contributed by atoms with van der Waals surface area (Å²) in [5.41, 5.74) is 6.22. The Balaban J connectivity index is 1.93. The van der Waals surface area contributed by atoms with Gasteiger partial charge in [0.15, 0.2) is 0 Å². The second-order valence-corrected chi connectivity index (χ2v) is 10.7. The number of rotatable bonds is 14. The molecule has 208 valence electrons. The Morgan fingerprint density at radius 1 is 0.868 bits per heavy atom. The zero-order valence-electron chi connectivity index (χ0n) is 21.8. The van der Waals surface area contributed by atoms with E-state index in [1.807, 2.05) is 25.9 Å². The van der Waals surface area contributed by atoms with Gasteiger partial charge in [0.05, 0.1) is 10.6 Å². The maximum atomic E-state index is 12.8. The third-order valence-corrected chi connectivity index (χ3v) is 6.97. The van der Waals surface area contributed by atoms with Crippen LogP contribution in [0.3, 0.4) is 0 Å². The first-order valence-corrected chi connectivity index (χ1v) is 14.2. The molecule has 0 aromatic heterocycles. The van der Waals surface area contributed by atoms with Crippen LogP contribution in [0.4, 0.5) is 17.1 Å². The molecule has 2 aromatic carbocycles. The SMILES string of the molecule is CCCCN(C(=O)CCl)c1ccc(S(=O)(=O)Nc2ccc(NNC(=O)C(=O)NCCCN(C)C)cc2)cc1. The Kier molecular flexibility index (Phi) is 12.3. The highest BCUT2D eigenvalue weighted by Gasteiger charge is 2.18. The van der Waals surface area contributed by atoms with Gasteiger partial charge in [0.2, 0.25) is 5.91 Å². The number of anilines is 3. The van der Waals surface area contributed by atoms with E-state index >= 15 is 0 Å². The Morgan fingerprint density at radius 2 is 1.50 bits per heavy atom. The van der Waals surface area contributed by atoms with E-state index in [0.717, 1.165) is 19.4 Å². The summed E-state index contributed by atoms with van der Waals surface area (Å²) in [4.78, 5) is 39.5. The fourth-order valence-corrected chi connectivity index (χ4v) is 4.49. The van der Waals surface area contributed by atoms with Gasteiger partial charge in [-0.05, 0) is 82.0 Å². The molecule has 0 bridgehead atoms. The van der Waals surface area contributed by atoms with E-state index in [0.29, 0.717) is 36.6 Å². The Morgan fingerprint density at radius 3 is 2.08 bits per heavy atom. The lowest BCUT2D eigenvalue weighted by molar-refractivity contribution is -0.138. The van der Waals surface area contributed by atoms with Gasteiger partial charge in [-0.2, -0.15) is 0 Å². The molecule has 0 spiro atoms. The van der Waals surface area contributed by atoms with Crippen LogP contribution in [-0.4, -0.2) is 70.6 Å². The molecule has 0 saturated carbocycles.